The van der Waals surface area contributed by atoms with E-state index in [1.807, 2.05) is 36.5 Å². The van der Waals surface area contributed by atoms with Crippen molar-refractivity contribution in [3.63, 3.8) is 0 Å². The number of halogens is 1. The number of rotatable bonds is 6. The van der Waals surface area contributed by atoms with Gasteiger partial charge in [0, 0.05) is 29.6 Å². The highest BCUT2D eigenvalue weighted by Gasteiger charge is 2.27. The summed E-state index contributed by atoms with van der Waals surface area (Å²) in [7, 11) is 0. The Morgan fingerprint density at radius 1 is 0.946 bits per heavy atom. The van der Waals surface area contributed by atoms with Gasteiger partial charge in [-0.25, -0.2) is 14.4 Å². The van der Waals surface area contributed by atoms with Gasteiger partial charge in [0.05, 0.1) is 28.7 Å². The monoisotopic (exact) mass is 497 g/mol. The van der Waals surface area contributed by atoms with Gasteiger partial charge in [-0.3, -0.25) is 9.89 Å². The summed E-state index contributed by atoms with van der Waals surface area (Å²) in [6.45, 7) is 0. The molecule has 3 aromatic heterocycles. The van der Waals surface area contributed by atoms with E-state index in [4.69, 9.17) is 9.84 Å². The summed E-state index contributed by atoms with van der Waals surface area (Å²) in [5.41, 5.74) is 5.36. The zero-order valence-electron chi connectivity index (χ0n) is 19.8. The molecule has 1 saturated carbocycles. The van der Waals surface area contributed by atoms with Gasteiger partial charge in [0.25, 0.3) is 0 Å². The average Bonchev–Trinajstić information content (AvgIpc) is 3.59. The van der Waals surface area contributed by atoms with Crippen molar-refractivity contribution >= 4 is 17.0 Å². The average molecular weight is 498 g/mol. The minimum absolute atomic E-state index is 0.0368. The number of H-pyrrole nitrogens is 2. The first-order valence-electron chi connectivity index (χ1n) is 12.2. The highest BCUT2D eigenvalue weighted by Crippen LogP contribution is 2.31. The van der Waals surface area contributed by atoms with E-state index in [2.05, 4.69) is 25.1 Å². The van der Waals surface area contributed by atoms with Gasteiger partial charge in [0.1, 0.15) is 17.7 Å². The van der Waals surface area contributed by atoms with Gasteiger partial charge < -0.3 is 14.8 Å². The van der Waals surface area contributed by atoms with Crippen LogP contribution in [0.1, 0.15) is 25.7 Å². The van der Waals surface area contributed by atoms with Crippen LogP contribution < -0.4 is 4.74 Å². The van der Waals surface area contributed by atoms with Crippen LogP contribution in [0.25, 0.3) is 44.7 Å². The second-order valence-electron chi connectivity index (χ2n) is 9.31. The lowest BCUT2D eigenvalue weighted by molar-refractivity contribution is -0.143. The molecule has 1 aliphatic carbocycles. The van der Waals surface area contributed by atoms with E-state index in [9.17, 15) is 4.79 Å². The number of pyridine rings is 1. The van der Waals surface area contributed by atoms with Crippen molar-refractivity contribution in [2.75, 3.05) is 0 Å². The lowest BCUT2D eigenvalue weighted by atomic mass is 9.87. The molecule has 1 aliphatic rings. The standard InChI is InChI=1S/C28H24FN5O3/c29-23-11-17(19-5-10-26(30-13-19)37-21-6-1-16(2-7-21)28(35)36)3-8-22(23)27-33-24-9-4-18(12-25(24)34-27)20-14-31-32-15-20/h3-5,8-16,21H,1-2,6-7H2,(H,31,32)(H,33,34)(H,35,36). The number of aliphatic carboxylic acids is 1. The molecule has 8 nitrogen and oxygen atoms in total. The summed E-state index contributed by atoms with van der Waals surface area (Å²) in [5.74, 6) is -0.465. The topological polar surface area (TPSA) is 117 Å². The van der Waals surface area contributed by atoms with Crippen LogP contribution in [0.15, 0.2) is 67.1 Å². The van der Waals surface area contributed by atoms with Crippen LogP contribution in [-0.4, -0.2) is 42.3 Å². The molecule has 186 valence electrons. The number of aromatic amines is 2. The molecule has 0 atom stereocenters. The third kappa shape index (κ3) is 4.67. The predicted molar refractivity (Wildman–Crippen MR) is 136 cm³/mol. The van der Waals surface area contributed by atoms with Crippen LogP contribution in [0.4, 0.5) is 4.39 Å². The van der Waals surface area contributed by atoms with Gasteiger partial charge in [-0.2, -0.15) is 5.10 Å². The van der Waals surface area contributed by atoms with Crippen molar-refractivity contribution in [1.82, 2.24) is 25.1 Å². The largest absolute Gasteiger partial charge is 0.481 e. The minimum atomic E-state index is -0.737. The molecule has 3 N–H and O–H groups in total. The maximum atomic E-state index is 15.2. The predicted octanol–water partition coefficient (Wildman–Crippen LogP) is 5.84. The number of carboxylic acid groups (broad SMARTS) is 1. The Kier molecular flexibility index (Phi) is 5.88. The highest BCUT2D eigenvalue weighted by atomic mass is 19.1. The Morgan fingerprint density at radius 3 is 2.43 bits per heavy atom. The van der Waals surface area contributed by atoms with Gasteiger partial charge >= 0.3 is 5.97 Å². The summed E-state index contributed by atoms with van der Waals surface area (Å²) in [4.78, 5) is 23.3. The van der Waals surface area contributed by atoms with Crippen LogP contribution in [0.5, 0.6) is 5.88 Å². The Balaban J connectivity index is 1.17. The van der Waals surface area contributed by atoms with Crippen molar-refractivity contribution < 1.29 is 19.0 Å². The number of carboxylic acids is 1. The SMILES string of the molecule is O=C(O)C1CCC(Oc2ccc(-c3ccc(-c4nc5ccc(-c6cn[nH]c6)cc5[nH]4)c(F)c3)cn2)CC1. The molecule has 0 amide bonds. The third-order valence-corrected chi connectivity index (χ3v) is 6.92. The van der Waals surface area contributed by atoms with E-state index in [0.29, 0.717) is 48.5 Å². The summed E-state index contributed by atoms with van der Waals surface area (Å²) in [6, 6.07) is 14.5. The fraction of sp³-hybridized carbons (Fsp3) is 0.214. The summed E-state index contributed by atoms with van der Waals surface area (Å²) >= 11 is 0. The molecule has 2 aromatic carbocycles. The quantitative estimate of drug-likeness (QED) is 0.271. The lowest BCUT2D eigenvalue weighted by Crippen LogP contribution is -2.28. The Morgan fingerprint density at radius 2 is 1.73 bits per heavy atom. The number of nitrogens with one attached hydrogen (secondary N) is 2. The maximum Gasteiger partial charge on any atom is 0.306 e. The molecule has 9 heteroatoms. The van der Waals surface area contributed by atoms with Crippen LogP contribution in [0.2, 0.25) is 0 Å². The van der Waals surface area contributed by atoms with E-state index in [1.54, 1.807) is 24.5 Å². The fourth-order valence-electron chi connectivity index (χ4n) is 4.83. The zero-order chi connectivity index (χ0) is 25.4. The molecule has 0 spiro atoms. The van der Waals surface area contributed by atoms with Gasteiger partial charge in [-0.05, 0) is 67.1 Å². The number of hydrogen-bond donors (Lipinski definition) is 3. The number of benzene rings is 2. The first kappa shape index (κ1) is 22.9. The summed E-state index contributed by atoms with van der Waals surface area (Å²) < 4.78 is 21.1. The minimum Gasteiger partial charge on any atom is -0.481 e. The number of carbonyl (C=O) groups is 1. The third-order valence-electron chi connectivity index (χ3n) is 6.92. The molecular formula is C28H24FN5O3. The Hall–Kier alpha value is -4.53. The molecular weight excluding hydrogens is 473 g/mol. The second-order valence-corrected chi connectivity index (χ2v) is 9.31. The van der Waals surface area contributed by atoms with Crippen molar-refractivity contribution in [3.05, 3.63) is 72.9 Å². The normalized spacial score (nSPS) is 17.6. The summed E-state index contributed by atoms with van der Waals surface area (Å²) in [5, 5.41) is 15.9. The second kappa shape index (κ2) is 9.50. The highest BCUT2D eigenvalue weighted by molar-refractivity contribution is 5.84. The molecule has 6 rings (SSSR count). The molecule has 5 aromatic rings. The molecule has 37 heavy (non-hydrogen) atoms. The number of aromatic nitrogens is 5. The number of fused-ring (bicyclic) bond motifs is 1. The van der Waals surface area contributed by atoms with Crippen molar-refractivity contribution in [3.8, 4) is 39.5 Å². The van der Waals surface area contributed by atoms with Crippen LogP contribution in [0.3, 0.4) is 0 Å². The van der Waals surface area contributed by atoms with Gasteiger partial charge in [-0.15, -0.1) is 0 Å². The molecule has 3 heterocycles. The molecule has 1 fully saturated rings. The molecule has 0 unspecified atom stereocenters. The summed E-state index contributed by atoms with van der Waals surface area (Å²) in [6.07, 6.45) is 7.80. The first-order chi connectivity index (χ1) is 18.0. The van der Waals surface area contributed by atoms with E-state index in [0.717, 1.165) is 27.7 Å². The van der Waals surface area contributed by atoms with Gasteiger partial charge in [-0.1, -0.05) is 12.1 Å². The zero-order valence-corrected chi connectivity index (χ0v) is 19.8. The van der Waals surface area contributed by atoms with Gasteiger partial charge in [0.15, 0.2) is 0 Å². The molecule has 0 aliphatic heterocycles. The van der Waals surface area contributed by atoms with Gasteiger partial charge in [0.2, 0.25) is 5.88 Å². The fourth-order valence-corrected chi connectivity index (χ4v) is 4.83. The molecule has 0 bridgehead atoms. The van der Waals surface area contributed by atoms with Crippen LogP contribution in [0, 0.1) is 11.7 Å². The van der Waals surface area contributed by atoms with Crippen molar-refractivity contribution in [1.29, 1.82) is 0 Å². The number of ether oxygens (including phenoxy) is 1. The number of imidazole rings is 1. The number of nitrogens with zero attached hydrogens (tertiary/aromatic N) is 3. The van der Waals surface area contributed by atoms with E-state index in [1.165, 1.54) is 6.07 Å². The first-order valence-corrected chi connectivity index (χ1v) is 12.2. The smallest absolute Gasteiger partial charge is 0.306 e. The molecule has 0 saturated heterocycles. The van der Waals surface area contributed by atoms with Crippen molar-refractivity contribution in [2.45, 2.75) is 31.8 Å². The Bertz CT molecular complexity index is 1560. The lowest BCUT2D eigenvalue weighted by Gasteiger charge is -2.26. The molecule has 0 radical (unpaired) electrons. The van der Waals surface area contributed by atoms with E-state index in [-0.39, 0.29) is 17.8 Å². The Labute approximate surface area is 211 Å². The van der Waals surface area contributed by atoms with E-state index < -0.39 is 5.97 Å². The number of hydrogen-bond acceptors (Lipinski definition) is 5. The maximum absolute atomic E-state index is 15.2. The van der Waals surface area contributed by atoms with Crippen molar-refractivity contribution in [2.24, 2.45) is 5.92 Å². The van der Waals surface area contributed by atoms with Crippen LogP contribution >= 0.6 is 0 Å². The van der Waals surface area contributed by atoms with Crippen LogP contribution in [-0.2, 0) is 4.79 Å². The van der Waals surface area contributed by atoms with E-state index >= 15 is 4.39 Å².